The van der Waals surface area contributed by atoms with Crippen LogP contribution < -0.4 is 9.64 Å². The predicted molar refractivity (Wildman–Crippen MR) is 186 cm³/mol. The monoisotopic (exact) mass is 743 g/mol. The van der Waals surface area contributed by atoms with Gasteiger partial charge in [-0.15, -0.1) is 0 Å². The number of ether oxygens (including phenoxy) is 1. The zero-order valence-electron chi connectivity index (χ0n) is 25.4. The Morgan fingerprint density at radius 1 is 0.761 bits per heavy atom. The van der Waals surface area contributed by atoms with Gasteiger partial charge in [0.2, 0.25) is 0 Å². The van der Waals surface area contributed by atoms with Crippen molar-refractivity contribution in [3.8, 4) is 16.9 Å². The van der Waals surface area contributed by atoms with Crippen molar-refractivity contribution in [1.29, 1.82) is 0 Å². The van der Waals surface area contributed by atoms with E-state index in [9.17, 15) is 4.39 Å². The Morgan fingerprint density at radius 3 is 2.13 bits per heavy atom. The maximum absolute atomic E-state index is 16.2. The van der Waals surface area contributed by atoms with Crippen molar-refractivity contribution in [3.05, 3.63) is 133 Å². The molecule has 0 spiro atoms. The molecule has 7 heteroatoms. The van der Waals surface area contributed by atoms with E-state index in [1.165, 1.54) is 37.5 Å². The molecular formula is C39H30Br2F3NO. The van der Waals surface area contributed by atoms with E-state index in [1.54, 1.807) is 12.1 Å². The van der Waals surface area contributed by atoms with E-state index in [0.717, 1.165) is 67.2 Å². The molecule has 232 valence electrons. The average Bonchev–Trinajstić information content (AvgIpc) is 3.28. The third kappa shape index (κ3) is 4.41. The third-order valence-electron chi connectivity index (χ3n) is 9.93. The van der Waals surface area contributed by atoms with Gasteiger partial charge in [0, 0.05) is 55.9 Å². The van der Waals surface area contributed by atoms with E-state index < -0.39 is 22.7 Å². The Morgan fingerprint density at radius 2 is 1.43 bits per heavy atom. The molecule has 5 aromatic rings. The second kappa shape index (κ2) is 10.7. The molecule has 0 N–H and O–H groups in total. The van der Waals surface area contributed by atoms with E-state index in [1.807, 2.05) is 36.4 Å². The van der Waals surface area contributed by atoms with Gasteiger partial charge in [-0.25, -0.2) is 13.2 Å². The number of hydrogen-bond acceptors (Lipinski definition) is 2. The molecule has 1 unspecified atom stereocenters. The molecule has 1 saturated heterocycles. The molecule has 5 aromatic carbocycles. The van der Waals surface area contributed by atoms with Gasteiger partial charge in [0.05, 0.1) is 5.39 Å². The number of fused-ring (bicyclic) bond motifs is 8. The Hall–Kier alpha value is -3.55. The summed E-state index contributed by atoms with van der Waals surface area (Å²) in [6, 6.07) is 20.9. The predicted octanol–water partition coefficient (Wildman–Crippen LogP) is 11.4. The van der Waals surface area contributed by atoms with Crippen LogP contribution in [0.3, 0.4) is 0 Å². The number of hydrogen-bond donors (Lipinski definition) is 0. The number of halogens is 5. The highest BCUT2D eigenvalue weighted by Gasteiger charge is 2.45. The lowest BCUT2D eigenvalue weighted by molar-refractivity contribution is 0.163. The lowest BCUT2D eigenvalue weighted by atomic mass is 9.76. The minimum Gasteiger partial charge on any atom is -0.472 e. The maximum atomic E-state index is 16.2. The highest BCUT2D eigenvalue weighted by atomic mass is 79.9. The molecule has 8 rings (SSSR count). The number of rotatable bonds is 3. The van der Waals surface area contributed by atoms with Gasteiger partial charge in [-0.05, 0) is 95.4 Å². The highest BCUT2D eigenvalue weighted by Crippen LogP contribution is 2.60. The van der Waals surface area contributed by atoms with Gasteiger partial charge in [0.1, 0.15) is 23.2 Å². The number of benzene rings is 5. The number of anilines is 1. The minimum absolute atomic E-state index is 0.218. The van der Waals surface area contributed by atoms with Gasteiger partial charge < -0.3 is 9.64 Å². The van der Waals surface area contributed by atoms with Crippen LogP contribution in [0.25, 0.3) is 28.0 Å². The summed E-state index contributed by atoms with van der Waals surface area (Å²) in [6.07, 6.45) is 7.59. The van der Waals surface area contributed by atoms with Crippen LogP contribution in [0.5, 0.6) is 5.75 Å². The van der Waals surface area contributed by atoms with Gasteiger partial charge in [-0.1, -0.05) is 76.0 Å². The number of piperidine rings is 1. The fourth-order valence-corrected chi connectivity index (χ4v) is 9.61. The molecule has 0 radical (unpaired) electrons. The Kier molecular flexibility index (Phi) is 6.97. The second-order valence-electron chi connectivity index (χ2n) is 13.0. The highest BCUT2D eigenvalue weighted by molar-refractivity contribution is 9.11. The molecular weight excluding hydrogens is 715 g/mol. The summed E-state index contributed by atoms with van der Waals surface area (Å²) in [5.41, 5.74) is 5.39. The van der Waals surface area contributed by atoms with Crippen LogP contribution in [0.1, 0.15) is 60.9 Å². The van der Waals surface area contributed by atoms with Crippen LogP contribution in [0.15, 0.2) is 87.8 Å². The summed E-state index contributed by atoms with van der Waals surface area (Å²) >= 11 is 7.41. The first-order chi connectivity index (χ1) is 22.1. The van der Waals surface area contributed by atoms with Gasteiger partial charge in [-0.3, -0.25) is 0 Å². The Balaban J connectivity index is 1.40. The van der Waals surface area contributed by atoms with Crippen molar-refractivity contribution in [2.24, 2.45) is 0 Å². The zero-order valence-corrected chi connectivity index (χ0v) is 28.5. The maximum Gasteiger partial charge on any atom is 0.178 e. The molecule has 1 atom stereocenters. The summed E-state index contributed by atoms with van der Waals surface area (Å²) in [4.78, 5) is 2.39. The van der Waals surface area contributed by atoms with Crippen LogP contribution >= 0.6 is 31.9 Å². The van der Waals surface area contributed by atoms with Crippen LogP contribution in [-0.4, -0.2) is 13.1 Å². The van der Waals surface area contributed by atoms with Crippen molar-refractivity contribution >= 4 is 54.4 Å². The van der Waals surface area contributed by atoms with Crippen LogP contribution in [0, 0.1) is 17.5 Å². The summed E-state index contributed by atoms with van der Waals surface area (Å²) in [6.45, 7) is 6.30. The van der Waals surface area contributed by atoms with Crippen molar-refractivity contribution in [2.45, 2.75) is 44.1 Å². The van der Waals surface area contributed by atoms with Crippen molar-refractivity contribution in [2.75, 3.05) is 18.0 Å². The van der Waals surface area contributed by atoms with Gasteiger partial charge >= 0.3 is 0 Å². The topological polar surface area (TPSA) is 12.5 Å². The van der Waals surface area contributed by atoms with Crippen LogP contribution in [0.2, 0.25) is 0 Å². The SMILES string of the molecule is CC1(C)c2c(Br)cc(Br)cc2-c2c1c1c(c3c(F)cc(F)cc23)OC(c2ccc(F)cc2)(c2ccc(N3CCCCC3)cc2)C=C1. The number of nitrogens with zero attached hydrogens (tertiary/aromatic N) is 1. The van der Waals surface area contributed by atoms with E-state index >= 15 is 8.78 Å². The molecule has 0 aromatic heterocycles. The standard InChI is InChI=1S/C39H30Br2F3NO/c1-38(2)35-30(18-24(40)19-31(35)41)33-29-20-26(43)21-32(44)34(29)37-28(36(33)38)14-15-39(46-37,22-6-10-25(42)11-7-22)23-8-12-27(13-9-23)45-16-4-3-5-17-45/h6-15,18-21H,3-5,16-17H2,1-2H3. The van der Waals surface area contributed by atoms with Gasteiger partial charge in [0.25, 0.3) is 0 Å². The molecule has 3 aliphatic rings. The Bertz CT molecular complexity index is 2080. The quantitative estimate of drug-likeness (QED) is 0.182. The van der Waals surface area contributed by atoms with Gasteiger partial charge in [-0.2, -0.15) is 0 Å². The normalized spacial score (nSPS) is 19.5. The first-order valence-corrected chi connectivity index (χ1v) is 17.2. The van der Waals surface area contributed by atoms with Crippen LogP contribution in [-0.2, 0) is 11.0 Å². The summed E-state index contributed by atoms with van der Waals surface area (Å²) in [5.74, 6) is -1.37. The lowest BCUT2D eigenvalue weighted by Gasteiger charge is -2.39. The van der Waals surface area contributed by atoms with Gasteiger partial charge in [0.15, 0.2) is 5.60 Å². The zero-order chi connectivity index (χ0) is 32.0. The fraction of sp³-hybridized carbons (Fsp3) is 0.231. The molecule has 1 fully saturated rings. The van der Waals surface area contributed by atoms with E-state index in [2.05, 4.69) is 62.7 Å². The fourth-order valence-electron chi connectivity index (χ4n) is 7.89. The van der Waals surface area contributed by atoms with Crippen molar-refractivity contribution in [1.82, 2.24) is 0 Å². The summed E-state index contributed by atoms with van der Waals surface area (Å²) in [5, 5.41) is 0.669. The third-order valence-corrected chi connectivity index (χ3v) is 11.0. The van der Waals surface area contributed by atoms with Crippen molar-refractivity contribution < 1.29 is 17.9 Å². The molecule has 0 saturated carbocycles. The molecule has 2 nitrogen and oxygen atoms in total. The largest absolute Gasteiger partial charge is 0.472 e. The molecule has 1 aliphatic carbocycles. The van der Waals surface area contributed by atoms with E-state index in [0.29, 0.717) is 16.7 Å². The molecule has 46 heavy (non-hydrogen) atoms. The lowest BCUT2D eigenvalue weighted by Crippen LogP contribution is -2.35. The molecule has 2 heterocycles. The minimum atomic E-state index is -1.19. The first-order valence-electron chi connectivity index (χ1n) is 15.6. The summed E-state index contributed by atoms with van der Waals surface area (Å²) in [7, 11) is 0. The molecule has 2 aliphatic heterocycles. The van der Waals surface area contributed by atoms with Crippen molar-refractivity contribution in [3.63, 3.8) is 0 Å². The Labute approximate surface area is 283 Å². The van der Waals surface area contributed by atoms with Crippen LogP contribution in [0.4, 0.5) is 18.9 Å². The second-order valence-corrected chi connectivity index (χ2v) is 14.8. The van der Waals surface area contributed by atoms with E-state index in [-0.39, 0.29) is 11.2 Å². The average molecular weight is 745 g/mol. The molecule has 0 amide bonds. The first kappa shape index (κ1) is 29.8. The molecule has 0 bridgehead atoms. The summed E-state index contributed by atoms with van der Waals surface area (Å²) < 4.78 is 54.4. The van der Waals surface area contributed by atoms with E-state index in [4.69, 9.17) is 4.74 Å². The smallest absolute Gasteiger partial charge is 0.178 e.